The molecule has 4 heteroatoms. The predicted octanol–water partition coefficient (Wildman–Crippen LogP) is 2.34. The molecular formula is C19H28N2O2. The van der Waals surface area contributed by atoms with Crippen LogP contribution >= 0.6 is 0 Å². The fourth-order valence-electron chi connectivity index (χ4n) is 4.11. The topological polar surface area (TPSA) is 41.6 Å². The van der Waals surface area contributed by atoms with Crippen LogP contribution in [-0.2, 0) is 14.9 Å². The fraction of sp³-hybridized carbons (Fsp3) is 0.632. The van der Waals surface area contributed by atoms with E-state index in [4.69, 9.17) is 4.74 Å². The van der Waals surface area contributed by atoms with Gasteiger partial charge in [0.25, 0.3) is 5.91 Å². The molecular weight excluding hydrogens is 288 g/mol. The predicted molar refractivity (Wildman–Crippen MR) is 91.5 cm³/mol. The Morgan fingerprint density at radius 1 is 1.17 bits per heavy atom. The number of methoxy groups -OCH3 is 1. The Hall–Kier alpha value is -1.39. The smallest absolute Gasteiger partial charge is 0.254 e. The van der Waals surface area contributed by atoms with Crippen LogP contribution in [0.3, 0.4) is 0 Å². The molecule has 0 aromatic heterocycles. The zero-order chi connectivity index (χ0) is 16.3. The van der Waals surface area contributed by atoms with Crippen molar-refractivity contribution < 1.29 is 9.53 Å². The second-order valence-corrected chi connectivity index (χ2v) is 7.21. The number of rotatable bonds is 3. The Morgan fingerprint density at radius 3 is 2.52 bits per heavy atom. The summed E-state index contributed by atoms with van der Waals surface area (Å²) in [5.74, 6) is 0.184. The quantitative estimate of drug-likeness (QED) is 0.930. The van der Waals surface area contributed by atoms with Crippen LogP contribution in [-0.4, -0.2) is 49.7 Å². The number of ether oxygens (including phenoxy) is 1. The Kier molecular flexibility index (Phi) is 4.74. The highest BCUT2D eigenvalue weighted by Crippen LogP contribution is 2.35. The Morgan fingerprint density at radius 2 is 1.87 bits per heavy atom. The second kappa shape index (κ2) is 6.62. The Labute approximate surface area is 139 Å². The van der Waals surface area contributed by atoms with E-state index in [9.17, 15) is 4.79 Å². The molecule has 1 N–H and O–H groups in total. The zero-order valence-electron chi connectivity index (χ0n) is 14.3. The highest BCUT2D eigenvalue weighted by Gasteiger charge is 2.45. The van der Waals surface area contributed by atoms with Gasteiger partial charge in [-0.2, -0.15) is 0 Å². The van der Waals surface area contributed by atoms with Crippen molar-refractivity contribution in [3.8, 4) is 0 Å². The van der Waals surface area contributed by atoms with E-state index in [0.29, 0.717) is 0 Å². The summed E-state index contributed by atoms with van der Waals surface area (Å²) in [5, 5.41) is 3.32. The first kappa shape index (κ1) is 16.5. The number of hydrogen-bond acceptors (Lipinski definition) is 3. The number of amides is 1. The van der Waals surface area contributed by atoms with Crippen LogP contribution in [0.4, 0.5) is 0 Å². The van der Waals surface area contributed by atoms with Crippen molar-refractivity contribution in [2.75, 3.05) is 33.3 Å². The van der Waals surface area contributed by atoms with Crippen LogP contribution in [0.1, 0.15) is 38.2 Å². The van der Waals surface area contributed by atoms with E-state index in [1.165, 1.54) is 5.56 Å². The summed E-state index contributed by atoms with van der Waals surface area (Å²) in [6, 6.07) is 10.6. The van der Waals surface area contributed by atoms with Gasteiger partial charge in [0.15, 0.2) is 0 Å². The van der Waals surface area contributed by atoms with Gasteiger partial charge in [0.1, 0.15) is 5.60 Å². The van der Waals surface area contributed by atoms with Crippen molar-refractivity contribution in [3.63, 3.8) is 0 Å². The molecule has 2 aliphatic rings. The molecule has 0 radical (unpaired) electrons. The molecule has 0 bridgehead atoms. The van der Waals surface area contributed by atoms with E-state index in [0.717, 1.165) is 51.9 Å². The Bertz CT molecular complexity index is 540. The first-order chi connectivity index (χ1) is 11.1. The molecule has 4 nitrogen and oxygen atoms in total. The minimum atomic E-state index is -0.625. The van der Waals surface area contributed by atoms with E-state index >= 15 is 0 Å². The van der Waals surface area contributed by atoms with Gasteiger partial charge in [0.05, 0.1) is 0 Å². The molecule has 1 amide bonds. The van der Waals surface area contributed by atoms with Crippen LogP contribution in [0.15, 0.2) is 30.3 Å². The van der Waals surface area contributed by atoms with Crippen molar-refractivity contribution in [1.82, 2.24) is 10.2 Å². The number of carbonyl (C=O) groups is 1. The van der Waals surface area contributed by atoms with E-state index in [2.05, 4.69) is 36.5 Å². The van der Waals surface area contributed by atoms with Gasteiger partial charge < -0.3 is 15.0 Å². The van der Waals surface area contributed by atoms with E-state index in [-0.39, 0.29) is 11.3 Å². The number of piperidine rings is 2. The summed E-state index contributed by atoms with van der Waals surface area (Å²) in [5.41, 5.74) is 0.742. The molecule has 2 saturated heterocycles. The molecule has 0 spiro atoms. The minimum absolute atomic E-state index is 0.0387. The van der Waals surface area contributed by atoms with Crippen LogP contribution in [0.5, 0.6) is 0 Å². The number of likely N-dealkylation sites (tertiary alicyclic amines) is 1. The first-order valence-corrected chi connectivity index (χ1v) is 8.70. The van der Waals surface area contributed by atoms with Crippen LogP contribution in [0.2, 0.25) is 0 Å². The van der Waals surface area contributed by atoms with Crippen molar-refractivity contribution >= 4 is 5.91 Å². The number of hydrogen-bond donors (Lipinski definition) is 1. The molecule has 0 saturated carbocycles. The van der Waals surface area contributed by atoms with Gasteiger partial charge in [0.2, 0.25) is 0 Å². The number of benzene rings is 1. The number of nitrogens with zero attached hydrogens (tertiary/aromatic N) is 1. The molecule has 2 heterocycles. The van der Waals surface area contributed by atoms with Crippen molar-refractivity contribution in [1.29, 1.82) is 0 Å². The SMILES string of the molecule is COC1(C(=O)N2CCCC(C)(c3ccccc3)C2)CCNCC1. The maximum atomic E-state index is 13.2. The van der Waals surface area contributed by atoms with Crippen molar-refractivity contribution in [2.45, 2.75) is 43.6 Å². The molecule has 1 atom stereocenters. The largest absolute Gasteiger partial charge is 0.368 e. The van der Waals surface area contributed by atoms with Gasteiger partial charge in [-0.25, -0.2) is 0 Å². The molecule has 23 heavy (non-hydrogen) atoms. The summed E-state index contributed by atoms with van der Waals surface area (Å²) < 4.78 is 5.74. The van der Waals surface area contributed by atoms with Crippen LogP contribution in [0.25, 0.3) is 0 Å². The third-order valence-corrected chi connectivity index (χ3v) is 5.65. The second-order valence-electron chi connectivity index (χ2n) is 7.21. The van der Waals surface area contributed by atoms with Gasteiger partial charge in [-0.05, 0) is 44.3 Å². The van der Waals surface area contributed by atoms with Crippen molar-refractivity contribution in [2.24, 2.45) is 0 Å². The lowest BCUT2D eigenvalue weighted by Gasteiger charge is -2.45. The molecule has 1 aromatic rings. The summed E-state index contributed by atoms with van der Waals surface area (Å²) in [7, 11) is 1.68. The fourth-order valence-corrected chi connectivity index (χ4v) is 4.11. The molecule has 3 rings (SSSR count). The Balaban J connectivity index is 1.79. The van der Waals surface area contributed by atoms with E-state index in [1.807, 2.05) is 11.0 Å². The van der Waals surface area contributed by atoms with Gasteiger partial charge >= 0.3 is 0 Å². The summed E-state index contributed by atoms with van der Waals surface area (Å²) >= 11 is 0. The highest BCUT2D eigenvalue weighted by molar-refractivity contribution is 5.85. The lowest BCUT2D eigenvalue weighted by Crippen LogP contribution is -2.58. The van der Waals surface area contributed by atoms with Gasteiger partial charge in [-0.1, -0.05) is 37.3 Å². The normalized spacial score (nSPS) is 27.7. The van der Waals surface area contributed by atoms with Gasteiger partial charge in [-0.3, -0.25) is 4.79 Å². The monoisotopic (exact) mass is 316 g/mol. The summed E-state index contributed by atoms with van der Waals surface area (Å²) in [6.07, 6.45) is 3.71. The van der Waals surface area contributed by atoms with E-state index < -0.39 is 5.60 Å². The average molecular weight is 316 g/mol. The lowest BCUT2D eigenvalue weighted by molar-refractivity contribution is -0.160. The van der Waals surface area contributed by atoms with Crippen LogP contribution < -0.4 is 5.32 Å². The molecule has 0 aliphatic carbocycles. The molecule has 2 aliphatic heterocycles. The summed E-state index contributed by atoms with van der Waals surface area (Å²) in [4.78, 5) is 15.2. The third kappa shape index (κ3) is 3.15. The lowest BCUT2D eigenvalue weighted by atomic mass is 9.75. The highest BCUT2D eigenvalue weighted by atomic mass is 16.5. The molecule has 2 fully saturated rings. The van der Waals surface area contributed by atoms with E-state index in [1.54, 1.807) is 7.11 Å². The maximum absolute atomic E-state index is 13.2. The third-order valence-electron chi connectivity index (χ3n) is 5.65. The average Bonchev–Trinajstić information content (AvgIpc) is 2.62. The molecule has 1 aromatic carbocycles. The maximum Gasteiger partial charge on any atom is 0.254 e. The number of carbonyl (C=O) groups excluding carboxylic acids is 1. The van der Waals surface area contributed by atoms with Crippen LogP contribution in [0, 0.1) is 0 Å². The van der Waals surface area contributed by atoms with Gasteiger partial charge in [-0.15, -0.1) is 0 Å². The first-order valence-electron chi connectivity index (χ1n) is 8.70. The zero-order valence-corrected chi connectivity index (χ0v) is 14.3. The molecule has 126 valence electrons. The van der Waals surface area contributed by atoms with Crippen molar-refractivity contribution in [3.05, 3.63) is 35.9 Å². The minimum Gasteiger partial charge on any atom is -0.368 e. The standard InChI is InChI=1S/C19H28N2O2/c1-18(16-7-4-3-5-8-16)9-6-14-21(15-18)17(22)19(23-2)10-12-20-13-11-19/h3-5,7-8,20H,6,9-15H2,1-2H3. The van der Waals surface area contributed by atoms with Gasteiger partial charge in [0, 0.05) is 25.6 Å². The molecule has 1 unspecified atom stereocenters. The number of nitrogens with one attached hydrogen (secondary N) is 1. The summed E-state index contributed by atoms with van der Waals surface area (Å²) in [6.45, 7) is 5.62.